The molecule has 0 radical (unpaired) electrons. The van der Waals surface area contributed by atoms with Crippen LogP contribution in [0.5, 0.6) is 5.75 Å². The smallest absolute Gasteiger partial charge is 0.257 e. The fourth-order valence-electron chi connectivity index (χ4n) is 1.86. The molecule has 1 amide bonds. The fourth-order valence-corrected chi connectivity index (χ4v) is 2.45. The minimum Gasteiger partial charge on any atom is -0.493 e. The lowest BCUT2D eigenvalue weighted by Crippen LogP contribution is -2.40. The molecule has 0 unspecified atom stereocenters. The van der Waals surface area contributed by atoms with Crippen molar-refractivity contribution in [2.75, 3.05) is 33.4 Å². The lowest BCUT2D eigenvalue weighted by atomic mass is 10.1. The molecule has 6 heteroatoms. The Morgan fingerprint density at radius 1 is 1.44 bits per heavy atom. The number of rotatable bonds is 2. The quantitative estimate of drug-likeness (QED) is 0.752. The van der Waals surface area contributed by atoms with E-state index in [1.165, 1.54) is 13.2 Å². The van der Waals surface area contributed by atoms with E-state index in [-0.39, 0.29) is 17.2 Å². The highest BCUT2D eigenvalue weighted by atomic mass is 127. The molecule has 1 aromatic carbocycles. The molecule has 0 bridgehead atoms. The first-order valence-electron chi connectivity index (χ1n) is 5.53. The molecule has 1 heterocycles. The van der Waals surface area contributed by atoms with Gasteiger partial charge < -0.3 is 14.4 Å². The van der Waals surface area contributed by atoms with Crippen LogP contribution in [0.1, 0.15) is 10.4 Å². The molecule has 98 valence electrons. The second-order valence-electron chi connectivity index (χ2n) is 3.87. The van der Waals surface area contributed by atoms with Gasteiger partial charge in [-0.25, -0.2) is 4.39 Å². The van der Waals surface area contributed by atoms with Crippen LogP contribution in [0.4, 0.5) is 4.39 Å². The monoisotopic (exact) mass is 365 g/mol. The minimum atomic E-state index is -0.513. The van der Waals surface area contributed by atoms with Gasteiger partial charge in [0, 0.05) is 16.7 Å². The summed E-state index contributed by atoms with van der Waals surface area (Å²) in [5.74, 6) is -0.722. The predicted molar refractivity (Wildman–Crippen MR) is 72.4 cm³/mol. The molecule has 0 aliphatic carbocycles. The van der Waals surface area contributed by atoms with E-state index in [2.05, 4.69) is 0 Å². The Morgan fingerprint density at radius 2 is 2.11 bits per heavy atom. The lowest BCUT2D eigenvalue weighted by molar-refractivity contribution is 0.0300. The standard InChI is InChI=1S/C12H13FINO3/c1-17-11-9(6-8(14)7-10(11)13)12(16)15-2-4-18-5-3-15/h6-7H,2-5H2,1H3. The molecule has 1 saturated heterocycles. The summed E-state index contributed by atoms with van der Waals surface area (Å²) in [6.07, 6.45) is 0. The average Bonchev–Trinajstić information content (AvgIpc) is 2.38. The molecule has 1 fully saturated rings. The highest BCUT2D eigenvalue weighted by Gasteiger charge is 2.24. The van der Waals surface area contributed by atoms with Gasteiger partial charge in [-0.05, 0) is 34.7 Å². The number of carbonyl (C=O) groups excluding carboxylic acids is 1. The Labute approximate surface area is 118 Å². The largest absolute Gasteiger partial charge is 0.493 e. The number of halogens is 2. The Hall–Kier alpha value is -0.890. The van der Waals surface area contributed by atoms with Crippen LogP contribution < -0.4 is 4.74 Å². The van der Waals surface area contributed by atoms with Gasteiger partial charge >= 0.3 is 0 Å². The number of methoxy groups -OCH3 is 1. The van der Waals surface area contributed by atoms with E-state index in [0.29, 0.717) is 29.9 Å². The van der Waals surface area contributed by atoms with Crippen molar-refractivity contribution >= 4 is 28.5 Å². The Bertz CT molecular complexity index is 461. The van der Waals surface area contributed by atoms with Gasteiger partial charge in [0.25, 0.3) is 5.91 Å². The van der Waals surface area contributed by atoms with Crippen LogP contribution in [0, 0.1) is 9.39 Å². The second kappa shape index (κ2) is 5.83. The lowest BCUT2D eigenvalue weighted by Gasteiger charge is -2.27. The maximum Gasteiger partial charge on any atom is 0.257 e. The van der Waals surface area contributed by atoms with Gasteiger partial charge in [0.05, 0.1) is 25.9 Å². The second-order valence-corrected chi connectivity index (χ2v) is 5.12. The summed E-state index contributed by atoms with van der Waals surface area (Å²) in [5.41, 5.74) is 0.267. The van der Waals surface area contributed by atoms with Crippen molar-refractivity contribution in [2.45, 2.75) is 0 Å². The summed E-state index contributed by atoms with van der Waals surface area (Å²) < 4.78 is 24.6. The predicted octanol–water partition coefficient (Wildman–Crippen LogP) is 1.91. The van der Waals surface area contributed by atoms with Crippen molar-refractivity contribution in [3.8, 4) is 5.75 Å². The molecular weight excluding hydrogens is 352 g/mol. The summed E-state index contributed by atoms with van der Waals surface area (Å²) in [7, 11) is 1.36. The zero-order valence-corrected chi connectivity index (χ0v) is 12.1. The average molecular weight is 365 g/mol. The first-order valence-corrected chi connectivity index (χ1v) is 6.61. The summed E-state index contributed by atoms with van der Waals surface area (Å²) in [6.45, 7) is 2.07. The molecule has 1 aliphatic heterocycles. The van der Waals surface area contributed by atoms with Crippen molar-refractivity contribution in [3.05, 3.63) is 27.1 Å². The van der Waals surface area contributed by atoms with Crippen LogP contribution in [-0.4, -0.2) is 44.2 Å². The number of amides is 1. The molecule has 1 aromatic rings. The molecule has 0 saturated carbocycles. The van der Waals surface area contributed by atoms with Gasteiger partial charge in [0.1, 0.15) is 0 Å². The van der Waals surface area contributed by atoms with Crippen LogP contribution in [-0.2, 0) is 4.74 Å². The maximum absolute atomic E-state index is 13.7. The molecule has 0 atom stereocenters. The van der Waals surface area contributed by atoms with Gasteiger partial charge in [-0.3, -0.25) is 4.79 Å². The van der Waals surface area contributed by atoms with Crippen molar-refractivity contribution in [2.24, 2.45) is 0 Å². The number of benzene rings is 1. The first-order chi connectivity index (χ1) is 8.63. The molecule has 18 heavy (non-hydrogen) atoms. The van der Waals surface area contributed by atoms with E-state index in [0.717, 1.165) is 0 Å². The molecule has 0 N–H and O–H groups in total. The number of morpholine rings is 1. The van der Waals surface area contributed by atoms with Gasteiger partial charge in [-0.2, -0.15) is 0 Å². The molecule has 1 aliphatic rings. The number of hydrogen-bond acceptors (Lipinski definition) is 3. The summed E-state index contributed by atoms with van der Waals surface area (Å²) in [5, 5.41) is 0. The topological polar surface area (TPSA) is 38.8 Å². The third kappa shape index (κ3) is 2.74. The number of carbonyl (C=O) groups is 1. The van der Waals surface area contributed by atoms with Gasteiger partial charge in [-0.15, -0.1) is 0 Å². The molecule has 2 rings (SSSR count). The van der Waals surface area contributed by atoms with Crippen LogP contribution >= 0.6 is 22.6 Å². The molecular formula is C12H13FINO3. The minimum absolute atomic E-state index is 0.00640. The van der Waals surface area contributed by atoms with E-state index in [9.17, 15) is 9.18 Å². The van der Waals surface area contributed by atoms with E-state index >= 15 is 0 Å². The highest BCUT2D eigenvalue weighted by molar-refractivity contribution is 14.1. The van der Waals surface area contributed by atoms with Crippen LogP contribution in [0.3, 0.4) is 0 Å². The Balaban J connectivity index is 2.33. The number of hydrogen-bond donors (Lipinski definition) is 0. The zero-order valence-electron chi connectivity index (χ0n) is 9.91. The van der Waals surface area contributed by atoms with Crippen LogP contribution in [0.25, 0.3) is 0 Å². The van der Waals surface area contributed by atoms with Crippen molar-refractivity contribution in [1.82, 2.24) is 4.90 Å². The highest BCUT2D eigenvalue weighted by Crippen LogP contribution is 2.26. The van der Waals surface area contributed by atoms with Crippen LogP contribution in [0.2, 0.25) is 0 Å². The van der Waals surface area contributed by atoms with Crippen LogP contribution in [0.15, 0.2) is 12.1 Å². The number of ether oxygens (including phenoxy) is 2. The van der Waals surface area contributed by atoms with Gasteiger partial charge in [0.2, 0.25) is 0 Å². The van der Waals surface area contributed by atoms with E-state index in [1.807, 2.05) is 22.6 Å². The normalized spacial score (nSPS) is 15.6. The third-order valence-electron chi connectivity index (χ3n) is 2.74. The maximum atomic E-state index is 13.7. The van der Waals surface area contributed by atoms with E-state index in [1.54, 1.807) is 11.0 Å². The number of nitrogens with zero attached hydrogens (tertiary/aromatic N) is 1. The third-order valence-corrected chi connectivity index (χ3v) is 3.36. The van der Waals surface area contributed by atoms with E-state index in [4.69, 9.17) is 9.47 Å². The Morgan fingerprint density at radius 3 is 2.72 bits per heavy atom. The SMILES string of the molecule is COc1c(F)cc(I)cc1C(=O)N1CCOCC1. The Kier molecular flexibility index (Phi) is 4.39. The van der Waals surface area contributed by atoms with Crippen molar-refractivity contribution in [1.29, 1.82) is 0 Å². The van der Waals surface area contributed by atoms with Gasteiger partial charge in [-0.1, -0.05) is 0 Å². The fraction of sp³-hybridized carbons (Fsp3) is 0.417. The summed E-state index contributed by atoms with van der Waals surface area (Å²) in [4.78, 5) is 14.0. The molecule has 0 aromatic heterocycles. The van der Waals surface area contributed by atoms with Gasteiger partial charge in [0.15, 0.2) is 11.6 Å². The van der Waals surface area contributed by atoms with Crippen molar-refractivity contribution in [3.63, 3.8) is 0 Å². The molecule has 4 nitrogen and oxygen atoms in total. The van der Waals surface area contributed by atoms with E-state index < -0.39 is 5.82 Å². The zero-order chi connectivity index (χ0) is 13.1. The molecule has 0 spiro atoms. The van der Waals surface area contributed by atoms with Crippen molar-refractivity contribution < 1.29 is 18.7 Å². The summed E-state index contributed by atoms with van der Waals surface area (Å²) in [6, 6.07) is 2.98. The first kappa shape index (κ1) is 13.5. The summed E-state index contributed by atoms with van der Waals surface area (Å²) >= 11 is 1.98.